The predicted octanol–water partition coefficient (Wildman–Crippen LogP) is 2.88. The van der Waals surface area contributed by atoms with Crippen molar-refractivity contribution >= 4 is 35.8 Å². The van der Waals surface area contributed by atoms with Gasteiger partial charge in [0, 0.05) is 58.3 Å². The monoisotopic (exact) mass is 544 g/mol. The Hall–Kier alpha value is -1.55. The molecule has 0 atom stereocenters. The largest absolute Gasteiger partial charge is 0.494 e. The van der Waals surface area contributed by atoms with Crippen molar-refractivity contribution in [3.8, 4) is 5.75 Å². The van der Waals surface area contributed by atoms with E-state index in [9.17, 15) is 4.79 Å². The number of amides is 1. The number of nitrogens with zero attached hydrogens (tertiary/aromatic N) is 3. The number of halogens is 1. The normalized spacial score (nSPS) is 18.9. The summed E-state index contributed by atoms with van der Waals surface area (Å²) in [5.74, 6) is 1.99. The van der Waals surface area contributed by atoms with Crippen LogP contribution in [-0.2, 0) is 14.9 Å². The van der Waals surface area contributed by atoms with Crippen LogP contribution < -0.4 is 10.1 Å². The summed E-state index contributed by atoms with van der Waals surface area (Å²) in [7, 11) is 0. The van der Waals surface area contributed by atoms with E-state index in [1.165, 1.54) is 5.56 Å². The van der Waals surface area contributed by atoms with Crippen molar-refractivity contribution in [2.45, 2.75) is 39.0 Å². The first-order valence-corrected chi connectivity index (χ1v) is 11.2. The molecule has 0 saturated carbocycles. The van der Waals surface area contributed by atoms with Crippen LogP contribution in [0.4, 0.5) is 0 Å². The third-order valence-corrected chi connectivity index (χ3v) is 6.12. The smallest absolute Gasteiger partial charge is 0.219 e. The van der Waals surface area contributed by atoms with E-state index in [0.717, 1.165) is 77.0 Å². The number of carbonyl (C=O) groups is 1. The van der Waals surface area contributed by atoms with Gasteiger partial charge in [-0.05, 0) is 44.4 Å². The molecule has 1 aromatic rings. The number of carbonyl (C=O) groups excluding carboxylic acids is 1. The lowest BCUT2D eigenvalue weighted by atomic mass is 9.74. The van der Waals surface area contributed by atoms with Crippen molar-refractivity contribution in [3.05, 3.63) is 29.8 Å². The van der Waals surface area contributed by atoms with Crippen LogP contribution in [0, 0.1) is 0 Å². The number of piperazine rings is 1. The van der Waals surface area contributed by atoms with Crippen molar-refractivity contribution < 1.29 is 14.3 Å². The Morgan fingerprint density at radius 1 is 1.10 bits per heavy atom. The van der Waals surface area contributed by atoms with Gasteiger partial charge in [-0.25, -0.2) is 0 Å². The molecule has 3 rings (SSSR count). The number of nitrogens with one attached hydrogen (secondary N) is 1. The molecule has 1 aromatic carbocycles. The average Bonchev–Trinajstić information content (AvgIpc) is 2.78. The summed E-state index contributed by atoms with van der Waals surface area (Å²) < 4.78 is 11.3. The molecule has 2 fully saturated rings. The van der Waals surface area contributed by atoms with Gasteiger partial charge in [0.2, 0.25) is 5.91 Å². The molecule has 174 valence electrons. The minimum Gasteiger partial charge on any atom is -0.494 e. The molecule has 0 spiro atoms. The van der Waals surface area contributed by atoms with E-state index >= 15 is 0 Å². The number of hydrogen-bond donors (Lipinski definition) is 1. The predicted molar refractivity (Wildman–Crippen MR) is 135 cm³/mol. The minimum atomic E-state index is -0.0229. The summed E-state index contributed by atoms with van der Waals surface area (Å²) in [5.41, 5.74) is 1.28. The standard InChI is InChI=1S/C23H36N4O3.HI/c1-4-24-22(27-14-12-26(13-15-27)19(3)28)25-18-23(10-16-29-17-11-23)20-6-8-21(9-7-20)30-5-2;/h6-9H,4-5,10-18H2,1-3H3,(H,24,25);1H. The zero-order chi connectivity index (χ0) is 21.4. The summed E-state index contributed by atoms with van der Waals surface area (Å²) in [6, 6.07) is 8.49. The van der Waals surface area contributed by atoms with E-state index in [0.29, 0.717) is 6.61 Å². The van der Waals surface area contributed by atoms with E-state index < -0.39 is 0 Å². The molecule has 0 aliphatic carbocycles. The van der Waals surface area contributed by atoms with Crippen LogP contribution in [0.1, 0.15) is 39.2 Å². The highest BCUT2D eigenvalue weighted by Gasteiger charge is 2.35. The van der Waals surface area contributed by atoms with Crippen molar-refractivity contribution in [1.82, 2.24) is 15.1 Å². The maximum atomic E-state index is 11.6. The number of benzene rings is 1. The maximum absolute atomic E-state index is 11.6. The molecule has 1 amide bonds. The number of aliphatic imine (C=N–C) groups is 1. The van der Waals surface area contributed by atoms with Crippen molar-refractivity contribution in [3.63, 3.8) is 0 Å². The zero-order valence-corrected chi connectivity index (χ0v) is 21.4. The summed E-state index contributed by atoms with van der Waals surface area (Å²) in [6.07, 6.45) is 1.92. The molecule has 31 heavy (non-hydrogen) atoms. The second-order valence-electron chi connectivity index (χ2n) is 8.01. The molecular weight excluding hydrogens is 507 g/mol. The van der Waals surface area contributed by atoms with Crippen molar-refractivity contribution in [1.29, 1.82) is 0 Å². The van der Waals surface area contributed by atoms with Crippen LogP contribution in [0.15, 0.2) is 29.3 Å². The fourth-order valence-corrected chi connectivity index (χ4v) is 4.26. The van der Waals surface area contributed by atoms with E-state index in [4.69, 9.17) is 14.5 Å². The fraction of sp³-hybridized carbons (Fsp3) is 0.652. The summed E-state index contributed by atoms with van der Waals surface area (Å²) in [6.45, 7) is 12.6. The molecule has 2 aliphatic rings. The van der Waals surface area contributed by atoms with E-state index in [1.54, 1.807) is 6.92 Å². The van der Waals surface area contributed by atoms with Gasteiger partial charge in [-0.15, -0.1) is 24.0 Å². The second kappa shape index (κ2) is 12.5. The fourth-order valence-electron chi connectivity index (χ4n) is 4.26. The summed E-state index contributed by atoms with van der Waals surface area (Å²) in [4.78, 5) is 20.9. The average molecular weight is 544 g/mol. The summed E-state index contributed by atoms with van der Waals surface area (Å²) in [5, 5.41) is 3.45. The highest BCUT2D eigenvalue weighted by Crippen LogP contribution is 2.36. The molecule has 0 unspecified atom stereocenters. The number of guanidine groups is 1. The van der Waals surface area contributed by atoms with Gasteiger partial charge >= 0.3 is 0 Å². The first-order chi connectivity index (χ1) is 14.6. The van der Waals surface area contributed by atoms with E-state index in [-0.39, 0.29) is 35.3 Å². The Labute approximate surface area is 203 Å². The van der Waals surface area contributed by atoms with Gasteiger partial charge in [0.05, 0.1) is 13.2 Å². The molecule has 8 heteroatoms. The molecule has 2 saturated heterocycles. The van der Waals surface area contributed by atoms with Crippen LogP contribution in [-0.4, -0.2) is 80.8 Å². The van der Waals surface area contributed by atoms with Gasteiger partial charge < -0.3 is 24.6 Å². The Kier molecular flexibility index (Phi) is 10.3. The van der Waals surface area contributed by atoms with Gasteiger partial charge in [0.15, 0.2) is 5.96 Å². The maximum Gasteiger partial charge on any atom is 0.219 e. The zero-order valence-electron chi connectivity index (χ0n) is 19.1. The Morgan fingerprint density at radius 3 is 2.26 bits per heavy atom. The lowest BCUT2D eigenvalue weighted by Gasteiger charge is -2.39. The van der Waals surface area contributed by atoms with Gasteiger partial charge in [0.25, 0.3) is 0 Å². The van der Waals surface area contributed by atoms with Gasteiger partial charge in [0.1, 0.15) is 5.75 Å². The highest BCUT2D eigenvalue weighted by molar-refractivity contribution is 14.0. The first-order valence-electron chi connectivity index (χ1n) is 11.2. The molecule has 1 N–H and O–H groups in total. The van der Waals surface area contributed by atoms with Gasteiger partial charge in [-0.1, -0.05) is 12.1 Å². The molecule has 7 nitrogen and oxygen atoms in total. The molecule has 2 aliphatic heterocycles. The van der Waals surface area contributed by atoms with Gasteiger partial charge in [-0.3, -0.25) is 9.79 Å². The number of rotatable bonds is 6. The van der Waals surface area contributed by atoms with Crippen LogP contribution in [0.25, 0.3) is 0 Å². The Balaban J connectivity index is 0.00000341. The highest BCUT2D eigenvalue weighted by atomic mass is 127. The van der Waals surface area contributed by atoms with Gasteiger partial charge in [-0.2, -0.15) is 0 Å². The Morgan fingerprint density at radius 2 is 1.71 bits per heavy atom. The van der Waals surface area contributed by atoms with E-state index in [1.807, 2.05) is 11.8 Å². The third kappa shape index (κ3) is 6.71. The molecule has 0 radical (unpaired) electrons. The SMILES string of the molecule is CCNC(=NCC1(c2ccc(OCC)cc2)CCOCC1)N1CCN(C(C)=O)CC1.I. The summed E-state index contributed by atoms with van der Waals surface area (Å²) >= 11 is 0. The molecule has 0 bridgehead atoms. The molecule has 0 aromatic heterocycles. The first kappa shape index (κ1) is 25.7. The lowest BCUT2D eigenvalue weighted by Crippen LogP contribution is -2.53. The van der Waals surface area contributed by atoms with Crippen LogP contribution >= 0.6 is 24.0 Å². The van der Waals surface area contributed by atoms with Crippen LogP contribution in [0.3, 0.4) is 0 Å². The quantitative estimate of drug-likeness (QED) is 0.339. The Bertz CT molecular complexity index is 712. The van der Waals surface area contributed by atoms with Crippen LogP contribution in [0.2, 0.25) is 0 Å². The third-order valence-electron chi connectivity index (χ3n) is 6.12. The molecular formula is C23H37IN4O3. The second-order valence-corrected chi connectivity index (χ2v) is 8.01. The molecule has 2 heterocycles. The number of ether oxygens (including phenoxy) is 2. The minimum absolute atomic E-state index is 0. The van der Waals surface area contributed by atoms with Crippen molar-refractivity contribution in [2.75, 3.05) is 59.1 Å². The number of hydrogen-bond acceptors (Lipinski definition) is 4. The van der Waals surface area contributed by atoms with E-state index in [2.05, 4.69) is 41.4 Å². The van der Waals surface area contributed by atoms with Crippen molar-refractivity contribution in [2.24, 2.45) is 4.99 Å². The van der Waals surface area contributed by atoms with Crippen LogP contribution in [0.5, 0.6) is 5.75 Å². The topological polar surface area (TPSA) is 66.4 Å². The lowest BCUT2D eigenvalue weighted by molar-refractivity contribution is -0.130.